The lowest BCUT2D eigenvalue weighted by atomic mass is 10.2. The summed E-state index contributed by atoms with van der Waals surface area (Å²) in [5, 5.41) is 12.4. The zero-order valence-electron chi connectivity index (χ0n) is 13.3. The van der Waals surface area contributed by atoms with Crippen molar-refractivity contribution >= 4 is 28.9 Å². The fraction of sp³-hybridized carbons (Fsp3) is 0.111. The van der Waals surface area contributed by atoms with Crippen LogP contribution in [0.15, 0.2) is 60.3 Å². The number of ether oxygens (including phenoxy) is 1. The summed E-state index contributed by atoms with van der Waals surface area (Å²) in [7, 11) is 3.25. The van der Waals surface area contributed by atoms with Gasteiger partial charge in [0.2, 0.25) is 0 Å². The summed E-state index contributed by atoms with van der Waals surface area (Å²) in [5.74, 6) is -0.0812. The van der Waals surface area contributed by atoms with E-state index in [0.717, 1.165) is 5.69 Å². The van der Waals surface area contributed by atoms with E-state index in [1.807, 2.05) is 36.4 Å². The molecule has 0 aliphatic heterocycles. The average Bonchev–Trinajstić information content (AvgIpc) is 2.60. The van der Waals surface area contributed by atoms with Crippen molar-refractivity contribution in [3.8, 4) is 11.8 Å². The Morgan fingerprint density at radius 3 is 2.62 bits per heavy atom. The molecule has 6 heteroatoms. The fourth-order valence-electron chi connectivity index (χ4n) is 2.04. The molecule has 0 atom stereocenters. The predicted octanol–water partition coefficient (Wildman–Crippen LogP) is 3.83. The summed E-state index contributed by atoms with van der Waals surface area (Å²) in [5.41, 5.74) is 1.22. The third-order valence-corrected chi connectivity index (χ3v) is 3.50. The van der Waals surface area contributed by atoms with Crippen LogP contribution in [0.1, 0.15) is 0 Å². The molecule has 1 amide bonds. The highest BCUT2D eigenvalue weighted by molar-refractivity contribution is 6.31. The first-order valence-electron chi connectivity index (χ1n) is 7.10. The van der Waals surface area contributed by atoms with E-state index in [1.54, 1.807) is 30.1 Å². The lowest BCUT2D eigenvalue weighted by molar-refractivity contribution is -0.112. The number of nitrogens with zero attached hydrogens (tertiary/aromatic N) is 2. The van der Waals surface area contributed by atoms with E-state index in [0.29, 0.717) is 16.5 Å². The number of methoxy groups -OCH3 is 1. The van der Waals surface area contributed by atoms with Crippen molar-refractivity contribution in [3.63, 3.8) is 0 Å². The molecule has 0 aromatic heterocycles. The van der Waals surface area contributed by atoms with E-state index in [2.05, 4.69) is 5.32 Å². The quantitative estimate of drug-likeness (QED) is 0.663. The van der Waals surface area contributed by atoms with Crippen LogP contribution in [0, 0.1) is 11.3 Å². The molecule has 0 unspecified atom stereocenters. The van der Waals surface area contributed by atoms with Gasteiger partial charge in [0.25, 0.3) is 5.91 Å². The van der Waals surface area contributed by atoms with Crippen molar-refractivity contribution in [1.29, 1.82) is 5.26 Å². The van der Waals surface area contributed by atoms with Crippen molar-refractivity contribution in [2.24, 2.45) is 0 Å². The van der Waals surface area contributed by atoms with E-state index in [-0.39, 0.29) is 5.57 Å². The summed E-state index contributed by atoms with van der Waals surface area (Å²) in [4.78, 5) is 14.1. The van der Waals surface area contributed by atoms with Crippen LogP contribution in [0.4, 0.5) is 11.4 Å². The number of benzene rings is 2. The molecule has 0 bridgehead atoms. The minimum absolute atomic E-state index is 0.0385. The van der Waals surface area contributed by atoms with Gasteiger partial charge in [-0.25, -0.2) is 0 Å². The fourth-order valence-corrected chi connectivity index (χ4v) is 2.21. The van der Waals surface area contributed by atoms with Crippen LogP contribution in [0.25, 0.3) is 0 Å². The Kier molecular flexibility index (Phi) is 5.83. The third-order valence-electron chi connectivity index (χ3n) is 3.26. The van der Waals surface area contributed by atoms with Crippen molar-refractivity contribution < 1.29 is 9.53 Å². The first-order valence-corrected chi connectivity index (χ1v) is 7.47. The molecule has 0 heterocycles. The monoisotopic (exact) mass is 341 g/mol. The topological polar surface area (TPSA) is 65.4 Å². The number of hydrogen-bond acceptors (Lipinski definition) is 4. The Morgan fingerprint density at radius 2 is 2.00 bits per heavy atom. The maximum atomic E-state index is 12.4. The van der Waals surface area contributed by atoms with Crippen LogP contribution in [-0.2, 0) is 4.79 Å². The number of para-hydroxylation sites is 1. The number of hydrogen-bond donors (Lipinski definition) is 1. The molecule has 0 saturated carbocycles. The van der Waals surface area contributed by atoms with E-state index in [1.165, 1.54) is 13.3 Å². The van der Waals surface area contributed by atoms with Gasteiger partial charge in [-0.1, -0.05) is 29.8 Å². The van der Waals surface area contributed by atoms with Crippen LogP contribution >= 0.6 is 11.6 Å². The Bertz CT molecular complexity index is 798. The molecule has 0 spiro atoms. The SMILES string of the molecule is COc1ccc(Cl)cc1NC(=O)/C(C#N)=C\N(C)c1ccccc1. The van der Waals surface area contributed by atoms with Gasteiger partial charge in [-0.2, -0.15) is 5.26 Å². The van der Waals surface area contributed by atoms with Gasteiger partial charge in [-0.15, -0.1) is 0 Å². The highest BCUT2D eigenvalue weighted by Gasteiger charge is 2.14. The molecule has 0 fully saturated rings. The summed E-state index contributed by atoms with van der Waals surface area (Å²) in [6, 6.07) is 16.2. The number of anilines is 2. The van der Waals surface area contributed by atoms with Crippen molar-refractivity contribution in [3.05, 3.63) is 65.3 Å². The Balaban J connectivity index is 2.22. The van der Waals surface area contributed by atoms with Gasteiger partial charge in [-0.3, -0.25) is 4.79 Å². The summed E-state index contributed by atoms with van der Waals surface area (Å²) in [6.45, 7) is 0. The zero-order chi connectivity index (χ0) is 17.5. The number of nitriles is 1. The third kappa shape index (κ3) is 4.28. The lowest BCUT2D eigenvalue weighted by Crippen LogP contribution is -2.18. The Morgan fingerprint density at radius 1 is 1.29 bits per heavy atom. The largest absolute Gasteiger partial charge is 0.495 e. The van der Waals surface area contributed by atoms with Gasteiger partial charge in [-0.05, 0) is 30.3 Å². The standard InChI is InChI=1S/C18H16ClN3O2/c1-22(15-6-4-3-5-7-15)12-13(11-20)18(23)21-16-10-14(19)8-9-17(16)24-2/h3-10,12H,1-2H3,(H,21,23)/b13-12-. The van der Waals surface area contributed by atoms with Gasteiger partial charge in [0.05, 0.1) is 12.8 Å². The van der Waals surface area contributed by atoms with Crippen LogP contribution in [0.5, 0.6) is 5.75 Å². The van der Waals surface area contributed by atoms with E-state index >= 15 is 0 Å². The van der Waals surface area contributed by atoms with Crippen LogP contribution in [0.3, 0.4) is 0 Å². The lowest BCUT2D eigenvalue weighted by Gasteiger charge is -2.15. The number of nitrogens with one attached hydrogen (secondary N) is 1. The highest BCUT2D eigenvalue weighted by atomic mass is 35.5. The van der Waals surface area contributed by atoms with Crippen LogP contribution in [-0.4, -0.2) is 20.1 Å². The molecule has 2 aromatic carbocycles. The van der Waals surface area contributed by atoms with Gasteiger partial charge < -0.3 is 15.0 Å². The molecule has 5 nitrogen and oxygen atoms in total. The maximum Gasteiger partial charge on any atom is 0.267 e. The second-order valence-corrected chi connectivity index (χ2v) is 5.34. The van der Waals surface area contributed by atoms with E-state index in [9.17, 15) is 10.1 Å². The molecule has 24 heavy (non-hydrogen) atoms. The Hall–Kier alpha value is -2.97. The number of amides is 1. The number of carbonyl (C=O) groups is 1. The van der Waals surface area contributed by atoms with Crippen LogP contribution in [0.2, 0.25) is 5.02 Å². The van der Waals surface area contributed by atoms with Gasteiger partial charge in [0, 0.05) is 24.0 Å². The van der Waals surface area contributed by atoms with Crippen LogP contribution < -0.4 is 15.0 Å². The van der Waals surface area contributed by atoms with Crippen molar-refractivity contribution in [1.82, 2.24) is 0 Å². The van der Waals surface area contributed by atoms with E-state index < -0.39 is 5.91 Å². The average molecular weight is 342 g/mol. The molecular weight excluding hydrogens is 326 g/mol. The molecule has 0 aliphatic carbocycles. The summed E-state index contributed by atoms with van der Waals surface area (Å²) < 4.78 is 5.18. The highest BCUT2D eigenvalue weighted by Crippen LogP contribution is 2.28. The predicted molar refractivity (Wildman–Crippen MR) is 95.2 cm³/mol. The number of rotatable bonds is 5. The van der Waals surface area contributed by atoms with Gasteiger partial charge in [0.1, 0.15) is 17.4 Å². The number of carbonyl (C=O) groups excluding carboxylic acids is 1. The minimum atomic E-state index is -0.541. The molecule has 2 rings (SSSR count). The molecule has 2 aromatic rings. The number of halogens is 1. The van der Waals surface area contributed by atoms with E-state index in [4.69, 9.17) is 16.3 Å². The second kappa shape index (κ2) is 8.04. The molecule has 122 valence electrons. The second-order valence-electron chi connectivity index (χ2n) is 4.90. The molecule has 0 aliphatic rings. The maximum absolute atomic E-state index is 12.4. The smallest absolute Gasteiger partial charge is 0.267 e. The molecule has 1 N–H and O–H groups in total. The van der Waals surface area contributed by atoms with Gasteiger partial charge in [0.15, 0.2) is 0 Å². The zero-order valence-corrected chi connectivity index (χ0v) is 14.0. The molecular formula is C18H16ClN3O2. The minimum Gasteiger partial charge on any atom is -0.495 e. The first-order chi connectivity index (χ1) is 11.5. The first kappa shape index (κ1) is 17.4. The Labute approximate surface area is 145 Å². The molecule has 0 radical (unpaired) electrons. The normalized spacial score (nSPS) is 10.7. The molecule has 0 saturated heterocycles. The summed E-state index contributed by atoms with van der Waals surface area (Å²) >= 11 is 5.94. The van der Waals surface area contributed by atoms with Crippen molar-refractivity contribution in [2.75, 3.05) is 24.4 Å². The van der Waals surface area contributed by atoms with Crippen molar-refractivity contribution in [2.45, 2.75) is 0 Å². The van der Waals surface area contributed by atoms with Gasteiger partial charge >= 0.3 is 0 Å². The summed E-state index contributed by atoms with van der Waals surface area (Å²) in [6.07, 6.45) is 1.47.